The maximum Gasteiger partial charge on any atom is 0.296 e. The van der Waals surface area contributed by atoms with Crippen molar-refractivity contribution in [1.29, 1.82) is 0 Å². The second-order valence-electron chi connectivity index (χ2n) is 7.29. The van der Waals surface area contributed by atoms with Crippen molar-refractivity contribution in [2.45, 2.75) is 11.8 Å². The molecule has 3 N–H and O–H groups in total. The van der Waals surface area contributed by atoms with Crippen molar-refractivity contribution in [3.63, 3.8) is 0 Å². The molecule has 0 bridgehead atoms. The number of H-pyrrole nitrogens is 1. The molecule has 0 aliphatic heterocycles. The second-order valence-corrected chi connectivity index (χ2v) is 8.97. The minimum atomic E-state index is -3.97. The largest absolute Gasteiger partial charge is 0.495 e. The molecule has 1 heterocycles. The number of aromatic amines is 1. The van der Waals surface area contributed by atoms with Crippen molar-refractivity contribution in [3.8, 4) is 5.75 Å². The van der Waals surface area contributed by atoms with Crippen molar-refractivity contribution in [2.24, 2.45) is 0 Å². The molecule has 1 aromatic heterocycles. The number of amides is 1. The van der Waals surface area contributed by atoms with Crippen LogP contribution in [-0.2, 0) is 14.8 Å². The molecule has 8 nitrogen and oxygen atoms in total. The molecule has 0 fully saturated rings. The zero-order chi connectivity index (χ0) is 23.6. The number of anilines is 2. The first kappa shape index (κ1) is 22.1. The van der Waals surface area contributed by atoms with Gasteiger partial charge in [0.05, 0.1) is 23.3 Å². The predicted octanol–water partition coefficient (Wildman–Crippen LogP) is 4.11. The third kappa shape index (κ3) is 4.44. The molecule has 0 saturated carbocycles. The van der Waals surface area contributed by atoms with Gasteiger partial charge in [-0.3, -0.25) is 14.3 Å². The van der Waals surface area contributed by atoms with E-state index < -0.39 is 21.7 Å². The number of para-hydroxylation sites is 3. The maximum absolute atomic E-state index is 12.9. The van der Waals surface area contributed by atoms with Gasteiger partial charge in [0.25, 0.3) is 21.7 Å². The van der Waals surface area contributed by atoms with Crippen LogP contribution in [-0.4, -0.2) is 32.2 Å². The fourth-order valence-electron chi connectivity index (χ4n) is 3.54. The Balaban J connectivity index is 1.57. The number of benzene rings is 3. The quantitative estimate of drug-likeness (QED) is 0.282. The molecular formula is C24H21N3O5S. The van der Waals surface area contributed by atoms with Gasteiger partial charge >= 0.3 is 0 Å². The lowest BCUT2D eigenvalue weighted by Gasteiger charge is -2.12. The number of hydrogen-bond donors (Lipinski definition) is 3. The van der Waals surface area contributed by atoms with Crippen LogP contribution < -0.4 is 14.8 Å². The molecule has 4 rings (SSSR count). The van der Waals surface area contributed by atoms with Gasteiger partial charge < -0.3 is 15.0 Å². The molecule has 0 radical (unpaired) electrons. The van der Waals surface area contributed by atoms with Crippen LogP contribution in [0.5, 0.6) is 5.75 Å². The van der Waals surface area contributed by atoms with E-state index in [-0.39, 0.29) is 21.8 Å². The van der Waals surface area contributed by atoms with Crippen molar-refractivity contribution in [2.75, 3.05) is 17.1 Å². The Labute approximate surface area is 190 Å². The number of hydrogen-bond acceptors (Lipinski definition) is 5. The van der Waals surface area contributed by atoms with E-state index in [1.54, 1.807) is 43.3 Å². The third-order valence-electron chi connectivity index (χ3n) is 5.08. The lowest BCUT2D eigenvalue weighted by molar-refractivity contribution is -0.112. The summed E-state index contributed by atoms with van der Waals surface area (Å²) < 4.78 is 33.4. The van der Waals surface area contributed by atoms with Crippen LogP contribution in [0, 0.1) is 6.92 Å². The molecule has 4 aromatic rings. The average molecular weight is 464 g/mol. The SMILES string of the molecule is COc1ccccc1NS(=O)(=O)c1cccc(NC(=O)C(=O)c2c(C)[nH]c3ccccc23)c1. The number of methoxy groups -OCH3 is 1. The Bertz CT molecular complexity index is 1470. The highest BCUT2D eigenvalue weighted by molar-refractivity contribution is 7.92. The van der Waals surface area contributed by atoms with Gasteiger partial charge in [0.1, 0.15) is 5.75 Å². The van der Waals surface area contributed by atoms with Crippen LogP contribution in [0.1, 0.15) is 16.1 Å². The van der Waals surface area contributed by atoms with E-state index >= 15 is 0 Å². The fraction of sp³-hybridized carbons (Fsp3) is 0.0833. The summed E-state index contributed by atoms with van der Waals surface area (Å²) in [6.45, 7) is 1.72. The van der Waals surface area contributed by atoms with Crippen LogP contribution in [0.15, 0.2) is 77.7 Å². The fourth-order valence-corrected chi connectivity index (χ4v) is 4.66. The predicted molar refractivity (Wildman–Crippen MR) is 126 cm³/mol. The zero-order valence-corrected chi connectivity index (χ0v) is 18.7. The molecule has 3 aromatic carbocycles. The van der Waals surface area contributed by atoms with E-state index in [0.29, 0.717) is 16.8 Å². The molecule has 0 aliphatic rings. The minimum absolute atomic E-state index is 0.0815. The van der Waals surface area contributed by atoms with Crippen LogP contribution in [0.4, 0.5) is 11.4 Å². The molecule has 33 heavy (non-hydrogen) atoms. The van der Waals surface area contributed by atoms with Gasteiger partial charge in [0.2, 0.25) is 0 Å². The van der Waals surface area contributed by atoms with Crippen molar-refractivity contribution >= 4 is 44.0 Å². The van der Waals surface area contributed by atoms with Crippen molar-refractivity contribution in [1.82, 2.24) is 4.98 Å². The molecule has 0 unspecified atom stereocenters. The molecule has 9 heteroatoms. The van der Waals surface area contributed by atoms with Gasteiger partial charge in [-0.1, -0.05) is 36.4 Å². The average Bonchev–Trinajstić information content (AvgIpc) is 3.14. The summed E-state index contributed by atoms with van der Waals surface area (Å²) in [4.78, 5) is 28.6. The highest BCUT2D eigenvalue weighted by Crippen LogP contribution is 2.27. The first-order valence-corrected chi connectivity index (χ1v) is 11.5. The van der Waals surface area contributed by atoms with E-state index in [9.17, 15) is 18.0 Å². The van der Waals surface area contributed by atoms with Gasteiger partial charge in [-0.15, -0.1) is 0 Å². The van der Waals surface area contributed by atoms with E-state index in [0.717, 1.165) is 5.52 Å². The van der Waals surface area contributed by atoms with Crippen LogP contribution >= 0.6 is 0 Å². The number of nitrogens with one attached hydrogen (secondary N) is 3. The number of aryl methyl sites for hydroxylation is 1. The first-order chi connectivity index (χ1) is 15.8. The highest BCUT2D eigenvalue weighted by atomic mass is 32.2. The zero-order valence-electron chi connectivity index (χ0n) is 17.9. The first-order valence-electron chi connectivity index (χ1n) is 9.99. The summed E-state index contributed by atoms with van der Waals surface area (Å²) in [7, 11) is -2.53. The molecule has 0 aliphatic carbocycles. The number of Topliss-reactive ketones (excluding diaryl/α,β-unsaturated/α-hetero) is 1. The van der Waals surface area contributed by atoms with E-state index in [1.165, 1.54) is 31.4 Å². The Morgan fingerprint density at radius 1 is 0.939 bits per heavy atom. The van der Waals surface area contributed by atoms with E-state index in [2.05, 4.69) is 15.0 Å². The summed E-state index contributed by atoms with van der Waals surface area (Å²) in [5.41, 5.74) is 2.06. The van der Waals surface area contributed by atoms with Crippen molar-refractivity contribution < 1.29 is 22.7 Å². The summed E-state index contributed by atoms with van der Waals surface area (Å²) >= 11 is 0. The summed E-state index contributed by atoms with van der Waals surface area (Å²) in [6, 6.07) is 19.5. The number of ether oxygens (including phenoxy) is 1. The van der Waals surface area contributed by atoms with Gasteiger partial charge in [0.15, 0.2) is 0 Å². The summed E-state index contributed by atoms with van der Waals surface area (Å²) in [5.74, 6) is -1.22. The lowest BCUT2D eigenvalue weighted by atomic mass is 10.1. The summed E-state index contributed by atoms with van der Waals surface area (Å²) in [6.07, 6.45) is 0. The Morgan fingerprint density at radius 3 is 2.45 bits per heavy atom. The lowest BCUT2D eigenvalue weighted by Crippen LogP contribution is -2.23. The number of carbonyl (C=O) groups is 2. The number of ketones is 1. The Kier molecular flexibility index (Phi) is 5.89. The summed E-state index contributed by atoms with van der Waals surface area (Å²) in [5, 5.41) is 3.15. The maximum atomic E-state index is 12.9. The third-order valence-corrected chi connectivity index (χ3v) is 6.44. The monoisotopic (exact) mass is 463 g/mol. The number of aromatic nitrogens is 1. The van der Waals surface area contributed by atoms with E-state index in [1.807, 2.05) is 12.1 Å². The number of sulfonamides is 1. The molecular weight excluding hydrogens is 442 g/mol. The van der Waals surface area contributed by atoms with Crippen LogP contribution in [0.3, 0.4) is 0 Å². The minimum Gasteiger partial charge on any atom is -0.495 e. The topological polar surface area (TPSA) is 117 Å². The van der Waals surface area contributed by atoms with Gasteiger partial charge in [-0.2, -0.15) is 0 Å². The van der Waals surface area contributed by atoms with Gasteiger partial charge in [-0.05, 0) is 43.3 Å². The standard InChI is InChI=1S/C24H21N3O5S/c1-15-22(18-10-3-4-11-19(18)25-15)23(28)24(29)26-16-8-7-9-17(14-16)33(30,31)27-20-12-5-6-13-21(20)32-2/h3-14,25,27H,1-2H3,(H,26,29). The van der Waals surface area contributed by atoms with Crippen LogP contribution in [0.25, 0.3) is 10.9 Å². The second kappa shape index (κ2) is 8.79. The number of carbonyl (C=O) groups excluding carboxylic acids is 2. The van der Waals surface area contributed by atoms with Gasteiger partial charge in [-0.25, -0.2) is 8.42 Å². The molecule has 168 valence electrons. The van der Waals surface area contributed by atoms with Crippen LogP contribution in [0.2, 0.25) is 0 Å². The smallest absolute Gasteiger partial charge is 0.296 e. The number of rotatable bonds is 7. The Hall–Kier alpha value is -4.11. The normalized spacial score (nSPS) is 11.2. The molecule has 0 saturated heterocycles. The van der Waals surface area contributed by atoms with Gasteiger partial charge in [0, 0.05) is 22.3 Å². The molecule has 1 amide bonds. The molecule has 0 atom stereocenters. The number of fused-ring (bicyclic) bond motifs is 1. The van der Waals surface area contributed by atoms with Crippen molar-refractivity contribution in [3.05, 3.63) is 84.1 Å². The molecule has 0 spiro atoms. The highest BCUT2D eigenvalue weighted by Gasteiger charge is 2.23. The van der Waals surface area contributed by atoms with E-state index in [4.69, 9.17) is 4.74 Å². The Morgan fingerprint density at radius 2 is 1.67 bits per heavy atom.